The number of hydrogen-bond donors (Lipinski definition) is 0. The van der Waals surface area contributed by atoms with Crippen molar-refractivity contribution in [2.24, 2.45) is 0 Å². The summed E-state index contributed by atoms with van der Waals surface area (Å²) in [5.41, 5.74) is 1.31. The Kier molecular flexibility index (Phi) is 2.69. The Bertz CT molecular complexity index is 303. The zero-order valence-electron chi connectivity index (χ0n) is 6.42. The van der Waals surface area contributed by atoms with E-state index in [0.717, 1.165) is 5.02 Å². The zero-order chi connectivity index (χ0) is 8.39. The van der Waals surface area contributed by atoms with Gasteiger partial charge in [-0.1, -0.05) is 23.4 Å². The van der Waals surface area contributed by atoms with Crippen LogP contribution in [-0.2, 0) is 11.4 Å². The Morgan fingerprint density at radius 1 is 1.25 bits per heavy atom. The van der Waals surface area contributed by atoms with Crippen LogP contribution in [0.3, 0.4) is 0 Å². The summed E-state index contributed by atoms with van der Waals surface area (Å²) in [6.07, 6.45) is 0. The standard InChI is InChI=1S/C9H8ClS2/c10-8-3-1-7(2-4-8)9-11-5-6-12-9/h1-4H,5-6H2/q+1. The van der Waals surface area contributed by atoms with E-state index >= 15 is 0 Å². The van der Waals surface area contributed by atoms with E-state index in [0.29, 0.717) is 0 Å². The van der Waals surface area contributed by atoms with Crippen molar-refractivity contribution in [1.82, 2.24) is 0 Å². The van der Waals surface area contributed by atoms with Gasteiger partial charge in [-0.3, -0.25) is 0 Å². The average molecular weight is 216 g/mol. The molecular weight excluding hydrogens is 208 g/mol. The molecule has 0 atom stereocenters. The zero-order valence-corrected chi connectivity index (χ0v) is 8.81. The van der Waals surface area contributed by atoms with Gasteiger partial charge in [0, 0.05) is 10.6 Å². The van der Waals surface area contributed by atoms with Crippen LogP contribution in [0.1, 0.15) is 5.56 Å². The van der Waals surface area contributed by atoms with Crippen molar-refractivity contribution in [3.8, 4) is 0 Å². The van der Waals surface area contributed by atoms with Gasteiger partial charge in [-0.05, 0) is 24.3 Å². The molecule has 0 aromatic heterocycles. The molecule has 0 nitrogen and oxygen atoms in total. The highest BCUT2D eigenvalue weighted by Gasteiger charge is 2.20. The molecular formula is C9H8ClS2+. The van der Waals surface area contributed by atoms with E-state index in [1.807, 2.05) is 35.2 Å². The molecule has 1 aromatic rings. The van der Waals surface area contributed by atoms with Crippen LogP contribution in [-0.4, -0.2) is 15.7 Å². The number of halogens is 1. The van der Waals surface area contributed by atoms with E-state index in [9.17, 15) is 0 Å². The SMILES string of the molecule is Clc1ccc(C2=[S+]CCS2)cc1. The van der Waals surface area contributed by atoms with Crippen molar-refractivity contribution in [1.29, 1.82) is 0 Å². The van der Waals surface area contributed by atoms with Crippen LogP contribution in [0, 0.1) is 0 Å². The largest absolute Gasteiger partial charge is 0.265 e. The molecule has 2 rings (SSSR count). The molecule has 62 valence electrons. The lowest BCUT2D eigenvalue weighted by atomic mass is 10.2. The van der Waals surface area contributed by atoms with Crippen molar-refractivity contribution >= 4 is 38.9 Å². The maximum absolute atomic E-state index is 5.80. The summed E-state index contributed by atoms with van der Waals surface area (Å²) >= 11 is 9.67. The van der Waals surface area contributed by atoms with Gasteiger partial charge in [0.1, 0.15) is 0 Å². The molecule has 0 saturated carbocycles. The number of thioether (sulfide) groups is 1. The maximum Gasteiger partial charge on any atom is 0.265 e. The lowest BCUT2D eigenvalue weighted by Gasteiger charge is -1.92. The molecule has 12 heavy (non-hydrogen) atoms. The first kappa shape index (κ1) is 8.54. The lowest BCUT2D eigenvalue weighted by molar-refractivity contribution is 1.58. The minimum absolute atomic E-state index is 0.812. The van der Waals surface area contributed by atoms with Gasteiger partial charge in [-0.25, -0.2) is 0 Å². The van der Waals surface area contributed by atoms with E-state index in [4.69, 9.17) is 11.6 Å². The fraction of sp³-hybridized carbons (Fsp3) is 0.222. The highest BCUT2D eigenvalue weighted by atomic mass is 35.5. The van der Waals surface area contributed by atoms with Gasteiger partial charge >= 0.3 is 0 Å². The molecule has 0 spiro atoms. The molecule has 0 fully saturated rings. The predicted octanol–water partition coefficient (Wildman–Crippen LogP) is 2.65. The van der Waals surface area contributed by atoms with Gasteiger partial charge in [0.05, 0.1) is 5.75 Å². The van der Waals surface area contributed by atoms with Crippen molar-refractivity contribution in [3.05, 3.63) is 34.9 Å². The Morgan fingerprint density at radius 2 is 2.00 bits per heavy atom. The molecule has 0 amide bonds. The molecule has 1 aliphatic heterocycles. The summed E-state index contributed by atoms with van der Waals surface area (Å²) in [6, 6.07) is 8.07. The molecule has 1 aliphatic rings. The highest BCUT2D eigenvalue weighted by Crippen LogP contribution is 2.19. The number of hydrogen-bond acceptors (Lipinski definition) is 1. The van der Waals surface area contributed by atoms with E-state index < -0.39 is 0 Å². The molecule has 0 N–H and O–H groups in total. The molecule has 0 unspecified atom stereocenters. The summed E-state index contributed by atoms with van der Waals surface area (Å²) in [5, 5.41) is 0.812. The maximum atomic E-state index is 5.80. The Hall–Kier alpha value is -0.0500. The van der Waals surface area contributed by atoms with E-state index in [1.165, 1.54) is 21.3 Å². The predicted molar refractivity (Wildman–Crippen MR) is 60.3 cm³/mol. The van der Waals surface area contributed by atoms with Crippen LogP contribution in [0.25, 0.3) is 0 Å². The third-order valence-electron chi connectivity index (χ3n) is 1.63. The van der Waals surface area contributed by atoms with Crippen LogP contribution in [0.5, 0.6) is 0 Å². The van der Waals surface area contributed by atoms with Crippen molar-refractivity contribution in [2.45, 2.75) is 0 Å². The molecule has 1 heterocycles. The van der Waals surface area contributed by atoms with E-state index in [1.54, 1.807) is 0 Å². The first-order valence-corrected chi connectivity index (χ1v) is 6.10. The van der Waals surface area contributed by atoms with Crippen LogP contribution in [0.4, 0.5) is 0 Å². The normalized spacial score (nSPS) is 16.2. The van der Waals surface area contributed by atoms with Gasteiger partial charge in [-0.15, -0.1) is 0 Å². The topological polar surface area (TPSA) is 0 Å². The fourth-order valence-corrected chi connectivity index (χ4v) is 3.67. The summed E-state index contributed by atoms with van der Waals surface area (Å²) in [6.45, 7) is 0. The monoisotopic (exact) mass is 215 g/mol. The first-order chi connectivity index (χ1) is 5.86. The second-order valence-electron chi connectivity index (χ2n) is 2.49. The highest BCUT2D eigenvalue weighted by molar-refractivity contribution is 8.25. The summed E-state index contributed by atoms with van der Waals surface area (Å²) in [5.74, 6) is 2.48. The fourth-order valence-electron chi connectivity index (χ4n) is 1.06. The number of rotatable bonds is 1. The van der Waals surface area contributed by atoms with Crippen molar-refractivity contribution < 1.29 is 0 Å². The molecule has 0 bridgehead atoms. The van der Waals surface area contributed by atoms with E-state index in [-0.39, 0.29) is 0 Å². The third kappa shape index (κ3) is 1.82. The molecule has 0 radical (unpaired) electrons. The van der Waals surface area contributed by atoms with Crippen molar-refractivity contribution in [3.63, 3.8) is 0 Å². The molecule has 3 heteroatoms. The minimum Gasteiger partial charge on any atom is -0.0843 e. The minimum atomic E-state index is 0.812. The summed E-state index contributed by atoms with van der Waals surface area (Å²) in [7, 11) is 0. The van der Waals surface area contributed by atoms with Crippen LogP contribution >= 0.6 is 23.4 Å². The first-order valence-electron chi connectivity index (χ1n) is 3.75. The second-order valence-corrected chi connectivity index (χ2v) is 5.40. The van der Waals surface area contributed by atoms with Gasteiger partial charge in [0.15, 0.2) is 17.1 Å². The smallest absolute Gasteiger partial charge is 0.0843 e. The lowest BCUT2D eigenvalue weighted by Crippen LogP contribution is -1.90. The second kappa shape index (κ2) is 3.77. The number of benzene rings is 1. The van der Waals surface area contributed by atoms with Gasteiger partial charge in [0.2, 0.25) is 0 Å². The summed E-state index contributed by atoms with van der Waals surface area (Å²) in [4.78, 5) is 0. The van der Waals surface area contributed by atoms with Crippen LogP contribution in [0.2, 0.25) is 5.02 Å². The third-order valence-corrected chi connectivity index (χ3v) is 4.66. The van der Waals surface area contributed by atoms with E-state index in [2.05, 4.69) is 12.1 Å². The average Bonchev–Trinajstić information content (AvgIpc) is 2.58. The van der Waals surface area contributed by atoms with Crippen LogP contribution in [0.15, 0.2) is 24.3 Å². The van der Waals surface area contributed by atoms with Gasteiger partial charge in [-0.2, -0.15) is 0 Å². The van der Waals surface area contributed by atoms with Gasteiger partial charge in [0.25, 0.3) is 4.20 Å². The van der Waals surface area contributed by atoms with Crippen molar-refractivity contribution in [2.75, 3.05) is 11.5 Å². The molecule has 0 saturated heterocycles. The quantitative estimate of drug-likeness (QED) is 0.513. The Balaban J connectivity index is 2.28. The Morgan fingerprint density at radius 3 is 2.58 bits per heavy atom. The summed E-state index contributed by atoms with van der Waals surface area (Å²) < 4.78 is 1.44. The van der Waals surface area contributed by atoms with Crippen LogP contribution < -0.4 is 0 Å². The van der Waals surface area contributed by atoms with Gasteiger partial charge < -0.3 is 0 Å². The molecule has 1 aromatic carbocycles. The Labute approximate surface area is 85.3 Å². The molecule has 0 aliphatic carbocycles.